The van der Waals surface area contributed by atoms with Crippen LogP contribution >= 0.6 is 0 Å². The molecular weight excluding hydrogens is 764 g/mol. The summed E-state index contributed by atoms with van der Waals surface area (Å²) in [6, 6.07) is 28.2. The normalized spacial score (nSPS) is 11.7. The first-order valence-corrected chi connectivity index (χ1v) is 19.6. The Bertz CT molecular complexity index is 3590. The van der Waals surface area contributed by atoms with Gasteiger partial charge in [0.05, 0.1) is 11.0 Å². The fourth-order valence-corrected chi connectivity index (χ4v) is 8.52. The Hall–Kier alpha value is -5.94. The highest BCUT2D eigenvalue weighted by molar-refractivity contribution is 6.71. The zero-order chi connectivity index (χ0) is 45.2. The van der Waals surface area contributed by atoms with Crippen molar-refractivity contribution in [2.24, 2.45) is 0 Å². The van der Waals surface area contributed by atoms with Crippen LogP contribution in [-0.4, -0.2) is 129 Å². The molecule has 0 atom stereocenters. The van der Waals surface area contributed by atoms with Crippen LogP contribution in [0.3, 0.4) is 0 Å². The lowest BCUT2D eigenvalue weighted by atomic mass is 9.56. The molecule has 28 radical (unpaired) electrons. The van der Waals surface area contributed by atoms with Crippen molar-refractivity contribution in [2.45, 2.75) is 0 Å². The molecule has 0 bridgehead atoms. The summed E-state index contributed by atoms with van der Waals surface area (Å²) in [6.07, 6.45) is 0. The van der Waals surface area contributed by atoms with Gasteiger partial charge in [-0.3, -0.25) is 0 Å². The second-order valence-corrected chi connectivity index (χ2v) is 15.5. The Morgan fingerprint density at radius 2 is 0.703 bits per heavy atom. The van der Waals surface area contributed by atoms with E-state index in [4.69, 9.17) is 129 Å². The highest BCUT2D eigenvalue weighted by Crippen LogP contribution is 2.36. The maximum atomic E-state index is 6.96. The first kappa shape index (κ1) is 42.0. The van der Waals surface area contributed by atoms with Gasteiger partial charge in [0, 0.05) is 50.0 Å². The third-order valence-corrected chi connectivity index (χ3v) is 11.9. The molecule has 0 saturated carbocycles. The lowest BCUT2D eigenvalue weighted by molar-refractivity contribution is 0.668. The van der Waals surface area contributed by atoms with Crippen molar-refractivity contribution in [1.29, 1.82) is 0 Å². The summed E-state index contributed by atoms with van der Waals surface area (Å²) in [7, 11) is 90.4. The number of nitrogens with zero attached hydrogens (tertiary/aromatic N) is 4. The average Bonchev–Trinajstić information content (AvgIpc) is 3.84. The maximum Gasteiger partial charge on any atom is 0.164 e. The van der Waals surface area contributed by atoms with Gasteiger partial charge in [-0.05, 0) is 47.5 Å². The Kier molecular flexibility index (Phi) is 10.1. The molecule has 10 rings (SSSR count). The monoisotopic (exact) mass is 780 g/mol. The number of aromatic nitrogens is 4. The molecule has 0 fully saturated rings. The van der Waals surface area contributed by atoms with Crippen LogP contribution in [0.25, 0.3) is 94.7 Å². The standard InChI is InChI=1S/C45H14B14N4O/c46-29-25(26-31(48)37(54)41(58)38(55)32(26)49)30(47)36(53)33(50)27(29)44-60-43(61-45(62-44)28-34(51)39(56)42(59)40(57)35(28)52)15-9-11-19-20-12-10-16(14-24(20)64-23(19)13-15)63-21-7-3-1-5-17(21)18-6-2-4-8-22(18)63/h1-14H. The third-order valence-electron chi connectivity index (χ3n) is 11.9. The number of fused-ring (bicyclic) bond motifs is 6. The molecule has 0 amide bonds. The first-order valence-electron chi connectivity index (χ1n) is 19.6. The second-order valence-electron chi connectivity index (χ2n) is 15.5. The van der Waals surface area contributed by atoms with Crippen LogP contribution in [0.5, 0.6) is 0 Å². The molecule has 262 valence electrons. The van der Waals surface area contributed by atoms with E-state index in [1.165, 1.54) is 0 Å². The quantitative estimate of drug-likeness (QED) is 0.164. The first-order chi connectivity index (χ1) is 30.6. The van der Waals surface area contributed by atoms with Crippen LogP contribution in [0.15, 0.2) is 89.3 Å². The van der Waals surface area contributed by atoms with Crippen molar-refractivity contribution >= 4 is 230 Å². The molecule has 0 N–H and O–H groups in total. The van der Waals surface area contributed by atoms with E-state index in [1.807, 2.05) is 48.5 Å². The van der Waals surface area contributed by atoms with Crippen molar-refractivity contribution in [2.75, 3.05) is 0 Å². The molecule has 0 aliphatic rings. The van der Waals surface area contributed by atoms with Crippen molar-refractivity contribution in [3.63, 3.8) is 0 Å². The summed E-state index contributed by atoms with van der Waals surface area (Å²) >= 11 is 0. The molecule has 7 aromatic carbocycles. The van der Waals surface area contributed by atoms with Gasteiger partial charge in [0.25, 0.3) is 0 Å². The minimum Gasteiger partial charge on any atom is -0.456 e. The summed E-state index contributed by atoms with van der Waals surface area (Å²) < 4.78 is 8.80. The van der Waals surface area contributed by atoms with Gasteiger partial charge in [-0.1, -0.05) is 80.7 Å². The van der Waals surface area contributed by atoms with E-state index in [-0.39, 0.29) is 116 Å². The number of furan rings is 1. The van der Waals surface area contributed by atoms with E-state index >= 15 is 0 Å². The molecular formula is C45H14B14N4O. The summed E-state index contributed by atoms with van der Waals surface area (Å²) in [5, 5.41) is 4.03. The zero-order valence-electron chi connectivity index (χ0n) is 33.9. The predicted molar refractivity (Wildman–Crippen MR) is 279 cm³/mol. The molecule has 64 heavy (non-hydrogen) atoms. The fourth-order valence-electron chi connectivity index (χ4n) is 8.52. The van der Waals surface area contributed by atoms with Crippen LogP contribution in [0, 0.1) is 0 Å². The molecule has 0 unspecified atom stereocenters. The second kappa shape index (κ2) is 15.4. The third kappa shape index (κ3) is 6.16. The number of benzene rings is 7. The van der Waals surface area contributed by atoms with Crippen LogP contribution in [0.2, 0.25) is 0 Å². The average molecular weight is 778 g/mol. The van der Waals surface area contributed by atoms with Crippen LogP contribution in [-0.2, 0) is 0 Å². The Morgan fingerprint density at radius 3 is 1.22 bits per heavy atom. The number of hydrogen-bond donors (Lipinski definition) is 0. The van der Waals surface area contributed by atoms with Crippen molar-refractivity contribution in [3.05, 3.63) is 84.9 Å². The molecule has 5 nitrogen and oxygen atoms in total. The predicted octanol–water partition coefficient (Wildman–Crippen LogP) is -5.35. The van der Waals surface area contributed by atoms with Gasteiger partial charge in [-0.25, -0.2) is 15.0 Å². The molecule has 0 aliphatic heterocycles. The van der Waals surface area contributed by atoms with E-state index < -0.39 is 0 Å². The van der Waals surface area contributed by atoms with Crippen LogP contribution in [0.4, 0.5) is 0 Å². The van der Waals surface area contributed by atoms with Gasteiger partial charge in [0.1, 0.15) is 121 Å². The minimum absolute atomic E-state index is 0.00782. The topological polar surface area (TPSA) is 56.7 Å². The number of hydrogen-bond acceptors (Lipinski definition) is 4. The molecule has 10 aromatic rings. The van der Waals surface area contributed by atoms with E-state index in [2.05, 4.69) is 34.9 Å². The summed E-state index contributed by atoms with van der Waals surface area (Å²) in [5.74, 6) is -0.0497. The zero-order valence-corrected chi connectivity index (χ0v) is 33.9. The van der Waals surface area contributed by atoms with E-state index in [1.54, 1.807) is 6.07 Å². The van der Waals surface area contributed by atoms with Crippen molar-refractivity contribution in [3.8, 4) is 51.0 Å². The Balaban J connectivity index is 1.20. The SMILES string of the molecule is [B]c1c([B])c([B])c(-c2nc(-c3ccc4c(c3)oc3cc(-n5c6ccccc6c6ccccc65)ccc34)nc(-c3c([B])c([B])c([B])c(-c4c([B])c([B])c([B])c([B])c4[B])c3[B])n2)c([B])c1[B]. The molecule has 19 heteroatoms. The Labute approximate surface area is 387 Å². The Morgan fingerprint density at radius 1 is 0.328 bits per heavy atom. The van der Waals surface area contributed by atoms with Gasteiger partial charge in [0.2, 0.25) is 0 Å². The number of rotatable bonds is 5. The summed E-state index contributed by atoms with van der Waals surface area (Å²) in [5.41, 5.74) is 4.29. The number of para-hydroxylation sites is 2. The molecule has 0 saturated heterocycles. The van der Waals surface area contributed by atoms with Crippen molar-refractivity contribution < 1.29 is 4.42 Å². The maximum absolute atomic E-state index is 6.96. The molecule has 0 aliphatic carbocycles. The van der Waals surface area contributed by atoms with E-state index in [0.717, 1.165) is 38.3 Å². The molecule has 3 heterocycles. The van der Waals surface area contributed by atoms with Gasteiger partial charge in [-0.2, -0.15) is 0 Å². The van der Waals surface area contributed by atoms with E-state index in [0.29, 0.717) is 16.7 Å². The van der Waals surface area contributed by atoms with Gasteiger partial charge in [0.15, 0.2) is 17.5 Å². The smallest absolute Gasteiger partial charge is 0.164 e. The largest absolute Gasteiger partial charge is 0.456 e. The highest BCUT2D eigenvalue weighted by Gasteiger charge is 2.25. The van der Waals surface area contributed by atoms with E-state index in [9.17, 15) is 0 Å². The molecule has 3 aromatic heterocycles. The van der Waals surface area contributed by atoms with Crippen LogP contribution in [0.1, 0.15) is 0 Å². The van der Waals surface area contributed by atoms with Gasteiger partial charge in [-0.15, -0.1) is 38.2 Å². The fraction of sp³-hybridized carbons (Fsp3) is 0. The van der Waals surface area contributed by atoms with Crippen LogP contribution < -0.4 is 76.5 Å². The highest BCUT2D eigenvalue weighted by atomic mass is 16.3. The lowest BCUT2D eigenvalue weighted by Crippen LogP contribution is -2.57. The summed E-state index contributed by atoms with van der Waals surface area (Å²) in [6.45, 7) is 0. The minimum atomic E-state index is -0.0977. The lowest BCUT2D eigenvalue weighted by Gasteiger charge is -2.28. The molecule has 0 spiro atoms. The van der Waals surface area contributed by atoms with Crippen molar-refractivity contribution in [1.82, 2.24) is 19.5 Å². The van der Waals surface area contributed by atoms with Gasteiger partial charge >= 0.3 is 0 Å². The summed E-state index contributed by atoms with van der Waals surface area (Å²) in [4.78, 5) is 14.5. The van der Waals surface area contributed by atoms with Gasteiger partial charge < -0.3 is 8.98 Å².